The molecule has 3 heterocycles. The number of ether oxygens (including phenoxy) is 1. The van der Waals surface area contributed by atoms with Crippen molar-refractivity contribution in [1.82, 2.24) is 9.97 Å². The molecule has 0 aliphatic carbocycles. The fraction of sp³-hybridized carbons (Fsp3) is 0.0714. The number of carbonyl (C=O) groups excluding carboxylic acids is 2. The molecule has 0 aliphatic rings. The van der Waals surface area contributed by atoms with Gasteiger partial charge in [-0.05, 0) is 44.0 Å². The number of H-pyrrole nitrogens is 1. The third-order valence-corrected chi connectivity index (χ3v) is 6.99. The number of aromatic amines is 1. The molecule has 1 amide bonds. The Hall–Kier alpha value is -1.49. The van der Waals surface area contributed by atoms with Gasteiger partial charge in [-0.3, -0.25) is 10.1 Å². The molecule has 0 radical (unpaired) electrons. The number of amides is 1. The molecule has 0 fully saturated rings. The number of nitrogens with one attached hydrogen (secondary N) is 2. The van der Waals surface area contributed by atoms with Crippen LogP contribution in [0.5, 0.6) is 0 Å². The molecule has 6 nitrogen and oxygen atoms in total. The van der Waals surface area contributed by atoms with Crippen molar-refractivity contribution in [3.05, 3.63) is 42.5 Å². The van der Waals surface area contributed by atoms with E-state index in [4.69, 9.17) is 0 Å². The molecule has 3 aromatic rings. The quantitative estimate of drug-likeness (QED) is 0.516. The second-order valence-corrected chi connectivity index (χ2v) is 8.60. The van der Waals surface area contributed by atoms with Gasteiger partial charge in [0.05, 0.1) is 21.5 Å². The molecular weight excluding hydrogens is 482 g/mol. The van der Waals surface area contributed by atoms with Crippen LogP contribution in [-0.2, 0) is 4.74 Å². The van der Waals surface area contributed by atoms with Crippen LogP contribution < -0.4 is 5.32 Å². The van der Waals surface area contributed by atoms with Crippen molar-refractivity contribution in [2.45, 2.75) is 0 Å². The molecule has 124 valence electrons. The smallest absolute Gasteiger partial charge is 0.354 e. The highest BCUT2D eigenvalue weighted by atomic mass is 79.9. The van der Waals surface area contributed by atoms with E-state index < -0.39 is 5.97 Å². The zero-order valence-corrected chi connectivity index (χ0v) is 16.9. The molecule has 0 bridgehead atoms. The fourth-order valence-electron chi connectivity index (χ4n) is 1.85. The maximum absolute atomic E-state index is 12.2. The zero-order chi connectivity index (χ0) is 17.3. The highest BCUT2D eigenvalue weighted by molar-refractivity contribution is 9.13. The van der Waals surface area contributed by atoms with Crippen molar-refractivity contribution in [1.29, 1.82) is 0 Å². The lowest BCUT2D eigenvalue weighted by molar-refractivity contribution is 0.0594. The van der Waals surface area contributed by atoms with Gasteiger partial charge in [-0.25, -0.2) is 9.78 Å². The van der Waals surface area contributed by atoms with E-state index in [1.165, 1.54) is 29.8 Å². The standard InChI is InChI=1S/C14H9Br2N3O3S2/c1-22-13(21)8-2-6(4-17-8)9-5-23-14(18-9)19-12(20)10-3-7(15)11(16)24-10/h2-5,17H,1H3,(H,18,19,20). The Labute approximate surface area is 161 Å². The summed E-state index contributed by atoms with van der Waals surface area (Å²) in [7, 11) is 1.32. The number of hydrogen-bond acceptors (Lipinski definition) is 6. The Morgan fingerprint density at radius 3 is 2.79 bits per heavy atom. The van der Waals surface area contributed by atoms with Crippen molar-refractivity contribution < 1.29 is 14.3 Å². The third kappa shape index (κ3) is 3.61. The fourth-order valence-corrected chi connectivity index (χ4v) is 4.50. The lowest BCUT2D eigenvalue weighted by atomic mass is 10.2. The monoisotopic (exact) mass is 489 g/mol. The molecular formula is C14H9Br2N3O3S2. The number of thiazole rings is 1. The Balaban J connectivity index is 1.74. The van der Waals surface area contributed by atoms with Gasteiger partial charge >= 0.3 is 5.97 Å². The predicted octanol–water partition coefficient (Wildman–Crippen LogP) is 4.76. The number of methoxy groups -OCH3 is 1. The average molecular weight is 491 g/mol. The highest BCUT2D eigenvalue weighted by Gasteiger charge is 2.15. The van der Waals surface area contributed by atoms with E-state index in [0.717, 1.165) is 13.8 Å². The van der Waals surface area contributed by atoms with Crippen molar-refractivity contribution in [3.8, 4) is 11.3 Å². The number of thiophene rings is 1. The van der Waals surface area contributed by atoms with Crippen LogP contribution in [-0.4, -0.2) is 29.0 Å². The Bertz CT molecular complexity index is 897. The SMILES string of the molecule is COC(=O)c1cc(-c2csc(NC(=O)c3cc(Br)c(Br)s3)n2)c[nH]1. The van der Waals surface area contributed by atoms with E-state index in [1.807, 2.05) is 0 Å². The second-order valence-electron chi connectivity index (χ2n) is 4.52. The topological polar surface area (TPSA) is 84.1 Å². The van der Waals surface area contributed by atoms with E-state index in [-0.39, 0.29) is 5.91 Å². The van der Waals surface area contributed by atoms with Crippen molar-refractivity contribution in [3.63, 3.8) is 0 Å². The van der Waals surface area contributed by atoms with Gasteiger partial charge in [-0.2, -0.15) is 0 Å². The first kappa shape index (κ1) is 17.3. The molecule has 0 unspecified atom stereocenters. The van der Waals surface area contributed by atoms with Crippen LogP contribution in [0.4, 0.5) is 5.13 Å². The summed E-state index contributed by atoms with van der Waals surface area (Å²) in [5.41, 5.74) is 1.75. The molecule has 3 aromatic heterocycles. The van der Waals surface area contributed by atoms with Crippen LogP contribution >= 0.6 is 54.5 Å². The third-order valence-electron chi connectivity index (χ3n) is 2.98. The molecule has 0 spiro atoms. The Kier molecular flexibility index (Phi) is 5.18. The summed E-state index contributed by atoms with van der Waals surface area (Å²) in [5, 5.41) is 5.05. The first-order valence-corrected chi connectivity index (χ1v) is 9.75. The maximum atomic E-state index is 12.2. The van der Waals surface area contributed by atoms with E-state index in [1.54, 1.807) is 23.7 Å². The van der Waals surface area contributed by atoms with Crippen molar-refractivity contribution in [2.24, 2.45) is 0 Å². The van der Waals surface area contributed by atoms with E-state index in [9.17, 15) is 9.59 Å². The van der Waals surface area contributed by atoms with Crippen molar-refractivity contribution in [2.75, 3.05) is 12.4 Å². The van der Waals surface area contributed by atoms with E-state index in [0.29, 0.717) is 21.4 Å². The average Bonchev–Trinajstić information content (AvgIpc) is 3.27. The van der Waals surface area contributed by atoms with Gasteiger partial charge in [0.2, 0.25) is 0 Å². The minimum absolute atomic E-state index is 0.225. The van der Waals surface area contributed by atoms with Gasteiger partial charge in [-0.15, -0.1) is 22.7 Å². The first-order chi connectivity index (χ1) is 11.5. The number of anilines is 1. The number of halogens is 2. The summed E-state index contributed by atoms with van der Waals surface area (Å²) in [6.45, 7) is 0. The summed E-state index contributed by atoms with van der Waals surface area (Å²) in [6.07, 6.45) is 1.67. The zero-order valence-electron chi connectivity index (χ0n) is 12.1. The summed E-state index contributed by atoms with van der Waals surface area (Å²) in [6, 6.07) is 3.40. The van der Waals surface area contributed by atoms with Crippen LogP contribution in [0.1, 0.15) is 20.2 Å². The van der Waals surface area contributed by atoms with Gasteiger partial charge in [0, 0.05) is 21.6 Å². The van der Waals surface area contributed by atoms with E-state index in [2.05, 4.69) is 51.9 Å². The normalized spacial score (nSPS) is 10.6. The maximum Gasteiger partial charge on any atom is 0.354 e. The summed E-state index contributed by atoms with van der Waals surface area (Å²) >= 11 is 9.36. The number of carbonyl (C=O) groups is 2. The molecule has 0 aliphatic heterocycles. The second kappa shape index (κ2) is 7.18. The van der Waals surface area contributed by atoms with Gasteiger partial charge in [-0.1, -0.05) is 0 Å². The van der Waals surface area contributed by atoms with Gasteiger partial charge in [0.15, 0.2) is 5.13 Å². The van der Waals surface area contributed by atoms with Crippen LogP contribution in [0.3, 0.4) is 0 Å². The van der Waals surface area contributed by atoms with Gasteiger partial charge in [0.25, 0.3) is 5.91 Å². The predicted molar refractivity (Wildman–Crippen MR) is 101 cm³/mol. The lowest BCUT2D eigenvalue weighted by Crippen LogP contribution is -2.09. The molecule has 0 saturated heterocycles. The summed E-state index contributed by atoms with van der Waals surface area (Å²) in [4.78, 5) is 31.4. The molecule has 0 aromatic carbocycles. The molecule has 3 rings (SSSR count). The molecule has 2 N–H and O–H groups in total. The van der Waals surface area contributed by atoms with Crippen LogP contribution in [0.25, 0.3) is 11.3 Å². The van der Waals surface area contributed by atoms with Crippen molar-refractivity contribution >= 4 is 71.5 Å². The molecule has 0 saturated carbocycles. The number of hydrogen-bond donors (Lipinski definition) is 2. The minimum atomic E-state index is -0.446. The van der Waals surface area contributed by atoms with Crippen LogP contribution in [0.2, 0.25) is 0 Å². The first-order valence-electron chi connectivity index (χ1n) is 6.46. The van der Waals surface area contributed by atoms with Gasteiger partial charge in [0.1, 0.15) is 5.69 Å². The summed E-state index contributed by atoms with van der Waals surface area (Å²) in [5.74, 6) is -0.671. The van der Waals surface area contributed by atoms with Crippen LogP contribution in [0.15, 0.2) is 32.0 Å². The number of nitrogens with zero attached hydrogens (tertiary/aromatic N) is 1. The molecule has 0 atom stereocenters. The number of esters is 1. The Morgan fingerprint density at radius 2 is 2.12 bits per heavy atom. The number of rotatable bonds is 4. The lowest BCUT2D eigenvalue weighted by Gasteiger charge is -1.97. The minimum Gasteiger partial charge on any atom is -0.464 e. The highest BCUT2D eigenvalue weighted by Crippen LogP contribution is 2.33. The Morgan fingerprint density at radius 1 is 1.33 bits per heavy atom. The largest absolute Gasteiger partial charge is 0.464 e. The molecule has 24 heavy (non-hydrogen) atoms. The van der Waals surface area contributed by atoms with Crippen LogP contribution in [0, 0.1) is 0 Å². The number of aromatic nitrogens is 2. The van der Waals surface area contributed by atoms with Gasteiger partial charge < -0.3 is 9.72 Å². The molecule has 10 heteroatoms. The summed E-state index contributed by atoms with van der Waals surface area (Å²) < 4.78 is 6.34. The van der Waals surface area contributed by atoms with E-state index >= 15 is 0 Å².